The summed E-state index contributed by atoms with van der Waals surface area (Å²) in [6.07, 6.45) is 1.06. The van der Waals surface area contributed by atoms with E-state index in [9.17, 15) is 0 Å². The molecule has 0 spiro atoms. The lowest BCUT2D eigenvalue weighted by molar-refractivity contribution is 0.458. The number of nitrogens with two attached hydrogens (primary N) is 1. The van der Waals surface area contributed by atoms with Crippen LogP contribution in [0.1, 0.15) is 31.7 Å². The molecule has 3 rings (SSSR count). The van der Waals surface area contributed by atoms with Crippen LogP contribution in [0.4, 0.5) is 5.95 Å². The van der Waals surface area contributed by atoms with Crippen LogP contribution in [0.3, 0.4) is 0 Å². The summed E-state index contributed by atoms with van der Waals surface area (Å²) in [5.74, 6) is 2.02. The SMILES string of the molecule is CCC(C)c1ccccc1Oc1nc(N)nc2sccc12. The molecule has 0 saturated carbocycles. The van der Waals surface area contributed by atoms with Crippen LogP contribution in [0.25, 0.3) is 10.2 Å². The molecular weight excluding hydrogens is 282 g/mol. The number of nitrogens with zero attached hydrogens (tertiary/aromatic N) is 2. The number of hydrogen-bond acceptors (Lipinski definition) is 5. The highest BCUT2D eigenvalue weighted by Gasteiger charge is 2.14. The Kier molecular flexibility index (Phi) is 3.75. The van der Waals surface area contributed by atoms with E-state index >= 15 is 0 Å². The number of anilines is 1. The second kappa shape index (κ2) is 5.69. The molecule has 0 aliphatic heterocycles. The number of hydrogen-bond donors (Lipinski definition) is 1. The fraction of sp³-hybridized carbons (Fsp3) is 0.250. The summed E-state index contributed by atoms with van der Waals surface area (Å²) in [6, 6.07) is 10.0. The molecule has 2 aromatic heterocycles. The third kappa shape index (κ3) is 2.69. The minimum absolute atomic E-state index is 0.237. The standard InChI is InChI=1S/C16H17N3OS/c1-3-10(2)11-6-4-5-7-13(11)20-14-12-8-9-21-15(12)19-16(17)18-14/h4-10H,3H2,1-2H3,(H2,17,18,19). The minimum Gasteiger partial charge on any atom is -0.438 e. The Hall–Kier alpha value is -2.14. The van der Waals surface area contributed by atoms with Crippen molar-refractivity contribution >= 4 is 27.5 Å². The fourth-order valence-corrected chi connectivity index (χ4v) is 2.99. The molecular formula is C16H17N3OS. The lowest BCUT2D eigenvalue weighted by Crippen LogP contribution is -2.00. The summed E-state index contributed by atoms with van der Waals surface area (Å²) in [5.41, 5.74) is 6.95. The Morgan fingerprint density at radius 2 is 2.05 bits per heavy atom. The molecule has 0 radical (unpaired) electrons. The van der Waals surface area contributed by atoms with Crippen molar-refractivity contribution in [3.63, 3.8) is 0 Å². The van der Waals surface area contributed by atoms with Crippen LogP contribution in [0.5, 0.6) is 11.6 Å². The van der Waals surface area contributed by atoms with Gasteiger partial charge in [0, 0.05) is 0 Å². The Labute approximate surface area is 127 Å². The minimum atomic E-state index is 0.237. The summed E-state index contributed by atoms with van der Waals surface area (Å²) >= 11 is 1.53. The summed E-state index contributed by atoms with van der Waals surface area (Å²) in [5, 5.41) is 2.86. The van der Waals surface area contributed by atoms with Crippen LogP contribution in [0.15, 0.2) is 35.7 Å². The molecule has 108 valence electrons. The largest absolute Gasteiger partial charge is 0.438 e. The monoisotopic (exact) mass is 299 g/mol. The number of fused-ring (bicyclic) bond motifs is 1. The van der Waals surface area contributed by atoms with Crippen molar-refractivity contribution in [1.29, 1.82) is 0 Å². The first-order chi connectivity index (χ1) is 10.2. The molecule has 0 saturated heterocycles. The zero-order valence-corrected chi connectivity index (χ0v) is 12.9. The molecule has 0 aliphatic rings. The molecule has 1 unspecified atom stereocenters. The van der Waals surface area contributed by atoms with E-state index in [4.69, 9.17) is 10.5 Å². The molecule has 3 aromatic rings. The maximum absolute atomic E-state index is 6.06. The van der Waals surface area contributed by atoms with E-state index in [1.807, 2.05) is 29.6 Å². The van der Waals surface area contributed by atoms with Gasteiger partial charge in [-0.1, -0.05) is 32.0 Å². The maximum atomic E-state index is 6.06. The first kappa shape index (κ1) is 13.8. The van der Waals surface area contributed by atoms with Crippen LogP contribution in [0, 0.1) is 0 Å². The molecule has 1 atom stereocenters. The van der Waals surface area contributed by atoms with Gasteiger partial charge in [0.05, 0.1) is 5.39 Å². The van der Waals surface area contributed by atoms with Gasteiger partial charge in [-0.15, -0.1) is 11.3 Å². The van der Waals surface area contributed by atoms with Crippen molar-refractivity contribution in [3.8, 4) is 11.6 Å². The molecule has 2 heterocycles. The van der Waals surface area contributed by atoms with Crippen molar-refractivity contribution in [1.82, 2.24) is 9.97 Å². The number of rotatable bonds is 4. The van der Waals surface area contributed by atoms with Crippen molar-refractivity contribution in [2.24, 2.45) is 0 Å². The highest BCUT2D eigenvalue weighted by atomic mass is 32.1. The van der Waals surface area contributed by atoms with Crippen molar-refractivity contribution in [2.45, 2.75) is 26.2 Å². The van der Waals surface area contributed by atoms with E-state index in [2.05, 4.69) is 29.9 Å². The second-order valence-electron chi connectivity index (χ2n) is 4.98. The van der Waals surface area contributed by atoms with E-state index in [1.165, 1.54) is 16.9 Å². The predicted octanol–water partition coefficient (Wildman–Crippen LogP) is 4.58. The third-order valence-corrected chi connectivity index (χ3v) is 4.38. The molecule has 5 heteroatoms. The lowest BCUT2D eigenvalue weighted by Gasteiger charge is -2.15. The average Bonchev–Trinajstić information content (AvgIpc) is 2.95. The number of benzene rings is 1. The Morgan fingerprint density at radius 1 is 1.24 bits per heavy atom. The third-order valence-electron chi connectivity index (χ3n) is 3.58. The van der Waals surface area contributed by atoms with Gasteiger partial charge >= 0.3 is 0 Å². The van der Waals surface area contributed by atoms with E-state index in [-0.39, 0.29) is 5.95 Å². The smallest absolute Gasteiger partial charge is 0.232 e. The van der Waals surface area contributed by atoms with Crippen molar-refractivity contribution in [3.05, 3.63) is 41.3 Å². The van der Waals surface area contributed by atoms with Crippen molar-refractivity contribution < 1.29 is 4.74 Å². The second-order valence-corrected chi connectivity index (χ2v) is 5.87. The molecule has 2 N–H and O–H groups in total. The number of para-hydroxylation sites is 1. The van der Waals surface area contributed by atoms with Crippen LogP contribution >= 0.6 is 11.3 Å². The zero-order chi connectivity index (χ0) is 14.8. The normalized spacial score (nSPS) is 12.5. The zero-order valence-electron chi connectivity index (χ0n) is 12.0. The summed E-state index contributed by atoms with van der Waals surface area (Å²) in [6.45, 7) is 4.36. The topological polar surface area (TPSA) is 61.0 Å². The van der Waals surface area contributed by atoms with Gasteiger partial charge in [-0.2, -0.15) is 4.98 Å². The molecule has 0 fully saturated rings. The molecule has 0 bridgehead atoms. The first-order valence-corrected chi connectivity index (χ1v) is 7.84. The number of nitrogen functional groups attached to an aromatic ring is 1. The van der Waals surface area contributed by atoms with Gasteiger partial charge in [0.25, 0.3) is 0 Å². The van der Waals surface area contributed by atoms with E-state index in [0.29, 0.717) is 11.8 Å². The quantitative estimate of drug-likeness (QED) is 0.766. The lowest BCUT2D eigenvalue weighted by atomic mass is 9.98. The van der Waals surface area contributed by atoms with E-state index in [0.717, 1.165) is 22.4 Å². The highest BCUT2D eigenvalue weighted by molar-refractivity contribution is 7.16. The number of ether oxygens (including phenoxy) is 1. The number of thiophene rings is 1. The molecule has 4 nitrogen and oxygen atoms in total. The fourth-order valence-electron chi connectivity index (χ4n) is 2.23. The summed E-state index contributed by atoms with van der Waals surface area (Å²) in [4.78, 5) is 9.31. The van der Waals surface area contributed by atoms with Crippen molar-refractivity contribution in [2.75, 3.05) is 5.73 Å². The van der Waals surface area contributed by atoms with E-state index < -0.39 is 0 Å². The van der Waals surface area contributed by atoms with Crippen LogP contribution in [-0.4, -0.2) is 9.97 Å². The van der Waals surface area contributed by atoms with Crippen LogP contribution in [-0.2, 0) is 0 Å². The summed E-state index contributed by atoms with van der Waals surface area (Å²) in [7, 11) is 0. The molecule has 0 amide bonds. The van der Waals surface area contributed by atoms with Gasteiger partial charge in [-0.3, -0.25) is 0 Å². The average molecular weight is 299 g/mol. The molecule has 21 heavy (non-hydrogen) atoms. The highest BCUT2D eigenvalue weighted by Crippen LogP contribution is 2.35. The number of aromatic nitrogens is 2. The van der Waals surface area contributed by atoms with Gasteiger partial charge in [0.1, 0.15) is 10.6 Å². The van der Waals surface area contributed by atoms with Gasteiger partial charge in [0.15, 0.2) is 0 Å². The van der Waals surface area contributed by atoms with E-state index in [1.54, 1.807) is 0 Å². The predicted molar refractivity (Wildman–Crippen MR) is 87.0 cm³/mol. The van der Waals surface area contributed by atoms with Gasteiger partial charge < -0.3 is 10.5 Å². The molecule has 0 aliphatic carbocycles. The Balaban J connectivity index is 2.05. The maximum Gasteiger partial charge on any atom is 0.232 e. The van der Waals surface area contributed by atoms with Gasteiger partial charge in [-0.05, 0) is 35.4 Å². The van der Waals surface area contributed by atoms with Crippen LogP contribution < -0.4 is 10.5 Å². The summed E-state index contributed by atoms with van der Waals surface area (Å²) < 4.78 is 6.06. The molecule has 1 aromatic carbocycles. The van der Waals surface area contributed by atoms with Crippen LogP contribution in [0.2, 0.25) is 0 Å². The Bertz CT molecular complexity index is 769. The van der Waals surface area contributed by atoms with Gasteiger partial charge in [-0.25, -0.2) is 4.98 Å². The Morgan fingerprint density at radius 3 is 2.86 bits per heavy atom. The first-order valence-electron chi connectivity index (χ1n) is 6.96. The van der Waals surface area contributed by atoms with Gasteiger partial charge in [0.2, 0.25) is 11.8 Å².